The van der Waals surface area contributed by atoms with Crippen molar-refractivity contribution in [3.8, 4) is 22.3 Å². The van der Waals surface area contributed by atoms with Crippen LogP contribution in [0.2, 0.25) is 0 Å². The molecule has 5 nitrogen and oxygen atoms in total. The van der Waals surface area contributed by atoms with E-state index in [1.54, 1.807) is 42.5 Å². The van der Waals surface area contributed by atoms with E-state index >= 15 is 0 Å². The quantitative estimate of drug-likeness (QED) is 0.155. The summed E-state index contributed by atoms with van der Waals surface area (Å²) in [7, 11) is 4.34. The molecule has 4 aromatic carbocycles. The number of ketones is 4. The molecule has 0 heterocycles. The second kappa shape index (κ2) is 10.9. The number of hydrogen-bond acceptors (Lipinski definition) is 6. The van der Waals surface area contributed by atoms with E-state index in [1.807, 2.05) is 48.5 Å². The van der Waals surface area contributed by atoms with E-state index in [1.165, 1.54) is 0 Å². The molecule has 0 spiro atoms. The normalized spacial score (nSPS) is 12.5. The zero-order valence-electron chi connectivity index (χ0n) is 18.6. The summed E-state index contributed by atoms with van der Waals surface area (Å²) >= 11 is 6.51. The molecule has 2 aliphatic carbocycles. The van der Waals surface area contributed by atoms with Crippen LogP contribution in [0.25, 0.3) is 22.3 Å². The SMILES string of the molecule is O=C1C(=O)c2cc(Br)ccc2-c2ccccc21.O=C1C(=O)c2ccccc2-c2ccccc21.[B]=NS. The first-order valence-corrected chi connectivity index (χ1v) is 11.9. The third kappa shape index (κ3) is 4.70. The fourth-order valence-corrected chi connectivity index (χ4v) is 4.54. The van der Waals surface area contributed by atoms with Crippen LogP contribution in [-0.4, -0.2) is 30.8 Å². The Morgan fingerprint density at radius 3 is 1.14 bits per heavy atom. The molecule has 2 aliphatic rings. The van der Waals surface area contributed by atoms with Crippen molar-refractivity contribution in [2.75, 3.05) is 0 Å². The molecule has 0 fully saturated rings. The van der Waals surface area contributed by atoms with E-state index in [0.717, 1.165) is 26.7 Å². The molecule has 36 heavy (non-hydrogen) atoms. The first-order valence-electron chi connectivity index (χ1n) is 10.7. The minimum absolute atomic E-state index is 0.408. The number of thiol groups is 1. The van der Waals surface area contributed by atoms with Crippen LogP contribution in [0.4, 0.5) is 0 Å². The maximum absolute atomic E-state index is 12.0. The predicted octanol–water partition coefficient (Wildman–Crippen LogP) is 6.41. The van der Waals surface area contributed by atoms with Gasteiger partial charge in [-0.05, 0) is 34.4 Å². The monoisotopic (exact) mass is 552 g/mol. The second-order valence-electron chi connectivity index (χ2n) is 7.76. The molecular formula is C28H16BBrNO4S. The van der Waals surface area contributed by atoms with Gasteiger partial charge < -0.3 is 0 Å². The third-order valence-corrected chi connectivity index (χ3v) is 6.23. The van der Waals surface area contributed by atoms with Crippen molar-refractivity contribution in [1.29, 1.82) is 0 Å². The second-order valence-corrected chi connectivity index (χ2v) is 8.91. The van der Waals surface area contributed by atoms with Crippen molar-refractivity contribution >= 4 is 59.5 Å². The molecule has 0 amide bonds. The molecular weight excluding hydrogens is 537 g/mol. The molecule has 8 heteroatoms. The van der Waals surface area contributed by atoms with E-state index in [2.05, 4.69) is 40.7 Å². The van der Waals surface area contributed by atoms with Crippen LogP contribution >= 0.6 is 28.7 Å². The van der Waals surface area contributed by atoms with Crippen LogP contribution in [-0.2, 0) is 0 Å². The molecule has 4 aromatic rings. The molecule has 173 valence electrons. The number of Topliss-reactive ketones (excluding diaryl/α,β-unsaturated/α-hetero) is 4. The summed E-state index contributed by atoms with van der Waals surface area (Å²) < 4.78 is 3.50. The molecule has 1 radical (unpaired) electrons. The van der Waals surface area contributed by atoms with Gasteiger partial charge in [-0.2, -0.15) is 0 Å². The topological polar surface area (TPSA) is 80.6 Å². The van der Waals surface area contributed by atoms with E-state index < -0.39 is 23.1 Å². The number of carbonyl (C=O) groups excluding carboxylic acids is 4. The van der Waals surface area contributed by atoms with Gasteiger partial charge in [0.05, 0.1) is 0 Å². The number of carbonyl (C=O) groups is 4. The van der Waals surface area contributed by atoms with Gasteiger partial charge in [-0.15, -0.1) is 0 Å². The molecule has 6 rings (SSSR count). The van der Waals surface area contributed by atoms with Crippen molar-refractivity contribution in [2.45, 2.75) is 0 Å². The summed E-state index contributed by atoms with van der Waals surface area (Å²) in [6, 6.07) is 27.1. The van der Waals surface area contributed by atoms with Crippen molar-refractivity contribution in [3.05, 3.63) is 118 Å². The molecule has 0 saturated heterocycles. The van der Waals surface area contributed by atoms with Crippen molar-refractivity contribution in [3.63, 3.8) is 0 Å². The Balaban J connectivity index is 0.000000153. The van der Waals surface area contributed by atoms with Gasteiger partial charge in [-0.3, -0.25) is 19.2 Å². The summed E-state index contributed by atoms with van der Waals surface area (Å²) in [5.41, 5.74) is 5.34. The van der Waals surface area contributed by atoms with Crippen molar-refractivity contribution in [1.82, 2.24) is 0 Å². The maximum atomic E-state index is 12.0. The Bertz CT molecular complexity index is 1510. The van der Waals surface area contributed by atoms with Gasteiger partial charge in [-0.1, -0.05) is 94.8 Å². The predicted molar refractivity (Wildman–Crippen MR) is 146 cm³/mol. The van der Waals surface area contributed by atoms with Gasteiger partial charge in [0.2, 0.25) is 23.1 Å². The van der Waals surface area contributed by atoms with E-state index in [-0.39, 0.29) is 0 Å². The summed E-state index contributed by atoms with van der Waals surface area (Å²) in [5.74, 6) is -1.67. The zero-order chi connectivity index (χ0) is 25.8. The molecule has 0 atom stereocenters. The number of nitrogens with zero attached hydrogens (tertiary/aromatic N) is 1. The van der Waals surface area contributed by atoms with Gasteiger partial charge in [0.25, 0.3) is 0 Å². The minimum atomic E-state index is -0.431. The van der Waals surface area contributed by atoms with E-state index in [9.17, 15) is 19.2 Å². The van der Waals surface area contributed by atoms with E-state index in [4.69, 9.17) is 0 Å². The van der Waals surface area contributed by atoms with Crippen LogP contribution in [0.1, 0.15) is 41.4 Å². The van der Waals surface area contributed by atoms with Crippen molar-refractivity contribution in [2.24, 2.45) is 4.30 Å². The van der Waals surface area contributed by atoms with Crippen LogP contribution in [0.5, 0.6) is 0 Å². The Labute approximate surface area is 222 Å². The molecule has 0 N–H and O–H groups in total. The number of fused-ring (bicyclic) bond motifs is 6. The fraction of sp³-hybridized carbons (Fsp3) is 0. The standard InChI is InChI=1S/C14H7BrO2.C14H8O2.BHNS/c15-8-5-6-10-9-3-1-2-4-11(9)13(16)14(17)12(10)7-8;15-13-11-7-3-1-5-9(11)10-6-2-4-8-12(10)14(13)16;1-2-3/h1-7H;1-8H;3H. The Morgan fingerprint density at radius 2 is 0.778 bits per heavy atom. The number of hydrogen-bond donors (Lipinski definition) is 1. The fourth-order valence-electron chi connectivity index (χ4n) is 4.18. The molecule has 0 aliphatic heterocycles. The average molecular weight is 553 g/mol. The van der Waals surface area contributed by atoms with Gasteiger partial charge in [0.15, 0.2) is 0 Å². The van der Waals surface area contributed by atoms with E-state index in [0.29, 0.717) is 22.3 Å². The van der Waals surface area contributed by atoms with Crippen LogP contribution < -0.4 is 0 Å². The van der Waals surface area contributed by atoms with Crippen LogP contribution in [0.3, 0.4) is 0 Å². The zero-order valence-corrected chi connectivity index (χ0v) is 21.1. The Kier molecular flexibility index (Phi) is 7.67. The molecule has 0 bridgehead atoms. The summed E-state index contributed by atoms with van der Waals surface area (Å²) in [4.78, 5) is 47.5. The van der Waals surface area contributed by atoms with Gasteiger partial charge in [0, 0.05) is 26.7 Å². The first kappa shape index (κ1) is 25.4. The summed E-state index contributed by atoms with van der Waals surface area (Å²) in [5, 5.41) is 0. The molecule has 0 unspecified atom stereocenters. The number of halogens is 1. The molecule has 0 aromatic heterocycles. The third-order valence-electron chi connectivity index (χ3n) is 5.73. The summed E-state index contributed by atoms with van der Waals surface area (Å²) in [6.07, 6.45) is 0. The number of rotatable bonds is 0. The van der Waals surface area contributed by atoms with Gasteiger partial charge in [-0.25, -0.2) is 0 Å². The Hall–Kier alpha value is -3.75. The van der Waals surface area contributed by atoms with Gasteiger partial charge in [0.1, 0.15) is 0 Å². The van der Waals surface area contributed by atoms with Gasteiger partial charge >= 0.3 is 24.8 Å². The first-order chi connectivity index (χ1) is 17.4. The number of benzene rings is 4. The summed E-state index contributed by atoms with van der Waals surface area (Å²) in [6.45, 7) is 0. The Morgan fingerprint density at radius 1 is 0.500 bits per heavy atom. The van der Waals surface area contributed by atoms with Crippen LogP contribution in [0.15, 0.2) is 99.8 Å². The molecule has 0 saturated carbocycles. The van der Waals surface area contributed by atoms with Crippen molar-refractivity contribution < 1.29 is 19.2 Å². The average Bonchev–Trinajstić information content (AvgIpc) is 2.91. The van der Waals surface area contributed by atoms with Crippen LogP contribution in [0, 0.1) is 0 Å².